The molecule has 2 atom stereocenters. The Morgan fingerprint density at radius 3 is 2.37 bits per heavy atom. The van der Waals surface area contributed by atoms with Crippen LogP contribution < -0.4 is 10.6 Å². The SMILES string of the molecule is Cl.O=C(CNC(=O)N1CCc2ccccc2C1)N1CC[C@@H]2CNC[C@@H]2CC1. The summed E-state index contributed by atoms with van der Waals surface area (Å²) < 4.78 is 0. The maximum Gasteiger partial charge on any atom is 0.318 e. The summed E-state index contributed by atoms with van der Waals surface area (Å²) in [7, 11) is 0. The fourth-order valence-corrected chi connectivity index (χ4v) is 4.51. The Labute approximate surface area is 167 Å². The van der Waals surface area contributed by atoms with E-state index in [-0.39, 0.29) is 30.9 Å². The molecular formula is C20H29ClN4O2. The number of fused-ring (bicyclic) bond motifs is 2. The van der Waals surface area contributed by atoms with Gasteiger partial charge in [-0.2, -0.15) is 0 Å². The van der Waals surface area contributed by atoms with Gasteiger partial charge in [0.05, 0.1) is 6.54 Å². The second kappa shape index (κ2) is 8.93. The van der Waals surface area contributed by atoms with Crippen LogP contribution in [0.25, 0.3) is 0 Å². The molecule has 1 aromatic carbocycles. The highest BCUT2D eigenvalue weighted by Crippen LogP contribution is 2.27. The summed E-state index contributed by atoms with van der Waals surface area (Å²) in [4.78, 5) is 28.7. The minimum absolute atomic E-state index is 0. The minimum Gasteiger partial charge on any atom is -0.341 e. The summed E-state index contributed by atoms with van der Waals surface area (Å²) in [5, 5.41) is 6.29. The summed E-state index contributed by atoms with van der Waals surface area (Å²) in [6, 6.07) is 8.11. The Morgan fingerprint density at radius 2 is 1.67 bits per heavy atom. The molecule has 4 rings (SSSR count). The van der Waals surface area contributed by atoms with Crippen molar-refractivity contribution in [2.75, 3.05) is 39.3 Å². The number of nitrogens with one attached hydrogen (secondary N) is 2. The van der Waals surface area contributed by atoms with Crippen LogP contribution in [0, 0.1) is 11.8 Å². The number of nitrogens with zero attached hydrogens (tertiary/aromatic N) is 2. The highest BCUT2D eigenvalue weighted by molar-refractivity contribution is 5.85. The van der Waals surface area contributed by atoms with Gasteiger partial charge in [-0.25, -0.2) is 4.79 Å². The number of hydrogen-bond donors (Lipinski definition) is 2. The molecule has 0 aromatic heterocycles. The summed E-state index contributed by atoms with van der Waals surface area (Å²) in [5.41, 5.74) is 2.52. The van der Waals surface area contributed by atoms with Gasteiger partial charge >= 0.3 is 6.03 Å². The highest BCUT2D eigenvalue weighted by atomic mass is 35.5. The van der Waals surface area contributed by atoms with Crippen LogP contribution in [0.2, 0.25) is 0 Å². The van der Waals surface area contributed by atoms with E-state index in [4.69, 9.17) is 0 Å². The molecule has 0 radical (unpaired) electrons. The molecule has 0 bridgehead atoms. The van der Waals surface area contributed by atoms with Crippen molar-refractivity contribution in [1.29, 1.82) is 0 Å². The topological polar surface area (TPSA) is 64.7 Å². The van der Waals surface area contributed by atoms with Crippen molar-refractivity contribution in [2.24, 2.45) is 11.8 Å². The largest absolute Gasteiger partial charge is 0.341 e. The fraction of sp³-hybridized carbons (Fsp3) is 0.600. The van der Waals surface area contributed by atoms with Gasteiger partial charge in [0, 0.05) is 26.2 Å². The number of carbonyl (C=O) groups is 2. The van der Waals surface area contributed by atoms with E-state index in [1.54, 1.807) is 4.90 Å². The minimum atomic E-state index is -0.135. The van der Waals surface area contributed by atoms with Gasteiger partial charge in [0.2, 0.25) is 5.91 Å². The van der Waals surface area contributed by atoms with Gasteiger partial charge in [-0.05, 0) is 55.3 Å². The van der Waals surface area contributed by atoms with Crippen LogP contribution in [-0.2, 0) is 17.8 Å². The molecule has 148 valence electrons. The van der Waals surface area contributed by atoms with Crippen LogP contribution >= 0.6 is 12.4 Å². The van der Waals surface area contributed by atoms with Crippen molar-refractivity contribution in [1.82, 2.24) is 20.4 Å². The smallest absolute Gasteiger partial charge is 0.318 e. The van der Waals surface area contributed by atoms with Crippen molar-refractivity contribution in [3.05, 3.63) is 35.4 Å². The first kappa shape index (κ1) is 20.0. The van der Waals surface area contributed by atoms with Gasteiger partial charge in [-0.15, -0.1) is 12.4 Å². The van der Waals surface area contributed by atoms with Crippen molar-refractivity contribution in [3.8, 4) is 0 Å². The molecule has 27 heavy (non-hydrogen) atoms. The maximum atomic E-state index is 12.5. The van der Waals surface area contributed by atoms with Gasteiger partial charge in [0.1, 0.15) is 0 Å². The summed E-state index contributed by atoms with van der Waals surface area (Å²) in [6.45, 7) is 5.22. The van der Waals surface area contributed by atoms with E-state index in [2.05, 4.69) is 22.8 Å². The van der Waals surface area contributed by atoms with Crippen LogP contribution in [0.15, 0.2) is 24.3 Å². The third kappa shape index (κ3) is 4.55. The van der Waals surface area contributed by atoms with E-state index in [1.807, 2.05) is 17.0 Å². The number of urea groups is 1. The van der Waals surface area contributed by atoms with Gasteiger partial charge in [0.25, 0.3) is 0 Å². The van der Waals surface area contributed by atoms with E-state index in [1.165, 1.54) is 11.1 Å². The molecule has 3 heterocycles. The van der Waals surface area contributed by atoms with E-state index in [0.29, 0.717) is 24.9 Å². The Balaban J connectivity index is 0.00000210. The van der Waals surface area contributed by atoms with Crippen LogP contribution in [0.1, 0.15) is 24.0 Å². The zero-order chi connectivity index (χ0) is 17.9. The number of hydrogen-bond acceptors (Lipinski definition) is 3. The second-order valence-corrected chi connectivity index (χ2v) is 7.74. The molecule has 2 saturated heterocycles. The molecule has 6 nitrogen and oxygen atoms in total. The summed E-state index contributed by atoms with van der Waals surface area (Å²) in [5.74, 6) is 1.45. The Morgan fingerprint density at radius 1 is 1.00 bits per heavy atom. The average Bonchev–Trinajstić information content (AvgIpc) is 3.03. The molecule has 2 N–H and O–H groups in total. The summed E-state index contributed by atoms with van der Waals surface area (Å²) >= 11 is 0. The van der Waals surface area contributed by atoms with E-state index >= 15 is 0 Å². The normalized spacial score (nSPS) is 24.3. The number of carbonyl (C=O) groups excluding carboxylic acids is 2. The lowest BCUT2D eigenvalue weighted by Crippen LogP contribution is -2.47. The lowest BCUT2D eigenvalue weighted by atomic mass is 9.92. The molecule has 7 heteroatoms. The third-order valence-corrected chi connectivity index (χ3v) is 6.18. The Hall–Kier alpha value is -1.79. The number of likely N-dealkylation sites (tertiary alicyclic amines) is 1. The molecule has 3 aliphatic heterocycles. The number of halogens is 1. The molecule has 3 amide bonds. The first-order chi connectivity index (χ1) is 12.7. The Bertz CT molecular complexity index is 670. The van der Waals surface area contributed by atoms with Gasteiger partial charge in [-0.1, -0.05) is 24.3 Å². The van der Waals surface area contributed by atoms with Crippen molar-refractivity contribution in [3.63, 3.8) is 0 Å². The molecule has 0 saturated carbocycles. The number of amides is 3. The van der Waals surface area contributed by atoms with Crippen molar-refractivity contribution >= 4 is 24.3 Å². The van der Waals surface area contributed by atoms with Crippen LogP contribution in [-0.4, -0.2) is 61.0 Å². The molecule has 3 aliphatic rings. The maximum absolute atomic E-state index is 12.5. The highest BCUT2D eigenvalue weighted by Gasteiger charge is 2.31. The first-order valence-electron chi connectivity index (χ1n) is 9.79. The zero-order valence-electron chi connectivity index (χ0n) is 15.7. The molecular weight excluding hydrogens is 364 g/mol. The lowest BCUT2D eigenvalue weighted by Gasteiger charge is -2.29. The van der Waals surface area contributed by atoms with E-state index < -0.39 is 0 Å². The Kier molecular flexibility index (Phi) is 6.60. The zero-order valence-corrected chi connectivity index (χ0v) is 16.5. The first-order valence-corrected chi connectivity index (χ1v) is 9.79. The predicted octanol–water partition coefficient (Wildman–Crippen LogP) is 1.63. The average molecular weight is 393 g/mol. The van der Waals surface area contributed by atoms with E-state index in [0.717, 1.165) is 45.4 Å². The number of benzene rings is 1. The van der Waals surface area contributed by atoms with Crippen LogP contribution in [0.3, 0.4) is 0 Å². The third-order valence-electron chi connectivity index (χ3n) is 6.18. The molecule has 0 aliphatic carbocycles. The van der Waals surface area contributed by atoms with Crippen LogP contribution in [0.5, 0.6) is 0 Å². The lowest BCUT2D eigenvalue weighted by molar-refractivity contribution is -0.130. The number of rotatable bonds is 2. The monoisotopic (exact) mass is 392 g/mol. The predicted molar refractivity (Wildman–Crippen MR) is 107 cm³/mol. The molecule has 2 fully saturated rings. The quantitative estimate of drug-likeness (QED) is 0.804. The van der Waals surface area contributed by atoms with Crippen molar-refractivity contribution < 1.29 is 9.59 Å². The second-order valence-electron chi connectivity index (χ2n) is 7.74. The molecule has 1 aromatic rings. The molecule has 0 spiro atoms. The van der Waals surface area contributed by atoms with Crippen molar-refractivity contribution in [2.45, 2.75) is 25.8 Å². The van der Waals surface area contributed by atoms with E-state index in [9.17, 15) is 9.59 Å². The standard InChI is InChI=1S/C20H28N4O2.ClH/c25-19(23-8-6-16-11-21-12-17(16)7-9-23)13-22-20(26)24-10-5-15-3-1-2-4-18(15)14-24;/h1-4,16-17,21H,5-14H2,(H,22,26);1H/t16-,17+;. The van der Waals surface area contributed by atoms with Crippen LogP contribution in [0.4, 0.5) is 4.79 Å². The summed E-state index contributed by atoms with van der Waals surface area (Å²) in [6.07, 6.45) is 3.01. The van der Waals surface area contributed by atoms with Gasteiger partial charge in [0.15, 0.2) is 0 Å². The van der Waals surface area contributed by atoms with Gasteiger partial charge in [-0.3, -0.25) is 4.79 Å². The van der Waals surface area contributed by atoms with Gasteiger partial charge < -0.3 is 20.4 Å². The fourth-order valence-electron chi connectivity index (χ4n) is 4.51. The molecule has 0 unspecified atom stereocenters.